The molecular formula is C19H20F3N3O4. The summed E-state index contributed by atoms with van der Waals surface area (Å²) in [7, 11) is 2.19. The number of para-hydroxylation sites is 1. The summed E-state index contributed by atoms with van der Waals surface area (Å²) in [5, 5.41) is 1.71. The van der Waals surface area contributed by atoms with E-state index in [1.807, 2.05) is 5.43 Å². The van der Waals surface area contributed by atoms with Gasteiger partial charge in [0.2, 0.25) is 0 Å². The van der Waals surface area contributed by atoms with Gasteiger partial charge in [0.05, 0.1) is 19.9 Å². The second-order valence-electron chi connectivity index (χ2n) is 5.99. The number of nitrogens with one attached hydrogen (secondary N) is 3. The largest absolute Gasteiger partial charge is 0.497 e. The van der Waals surface area contributed by atoms with Gasteiger partial charge < -0.3 is 20.2 Å². The molecule has 0 bridgehead atoms. The number of rotatable bonds is 7. The Hall–Kier alpha value is -3.27. The topological polar surface area (TPSA) is 88.7 Å². The Morgan fingerprint density at radius 1 is 0.966 bits per heavy atom. The molecule has 3 N–H and O–H groups in total. The standard InChI is InChI=1S/C19H20F3N3O4/c1-12-6-4-5-7-15(12)24-25-18(17(27)29-3,19(20,21)22)23-16(26)13-8-10-14(28-2)11-9-13/h4-11,24-25H,1-3H3,(H,23,26)/t18-/m0/s1. The molecule has 1 amide bonds. The number of carbonyl (C=O) groups is 2. The lowest BCUT2D eigenvalue weighted by Crippen LogP contribution is -2.73. The Labute approximate surface area is 165 Å². The number of ether oxygens (including phenoxy) is 2. The average molecular weight is 411 g/mol. The minimum Gasteiger partial charge on any atom is -0.497 e. The first-order valence-corrected chi connectivity index (χ1v) is 8.35. The first-order chi connectivity index (χ1) is 13.6. The van der Waals surface area contributed by atoms with Crippen molar-refractivity contribution in [3.05, 3.63) is 59.7 Å². The number of halogens is 3. The Bertz CT molecular complexity index is 872. The molecular weight excluding hydrogens is 391 g/mol. The van der Waals surface area contributed by atoms with E-state index in [9.17, 15) is 22.8 Å². The molecule has 0 aliphatic carbocycles. The molecule has 29 heavy (non-hydrogen) atoms. The van der Waals surface area contributed by atoms with Gasteiger partial charge in [-0.25, -0.2) is 4.79 Å². The van der Waals surface area contributed by atoms with Gasteiger partial charge in [0.15, 0.2) is 0 Å². The summed E-state index contributed by atoms with van der Waals surface area (Å²) in [6, 6.07) is 11.8. The van der Waals surface area contributed by atoms with Crippen molar-refractivity contribution in [2.75, 3.05) is 19.6 Å². The molecule has 156 valence electrons. The van der Waals surface area contributed by atoms with Gasteiger partial charge >= 0.3 is 17.8 Å². The number of aryl methyl sites for hydroxylation is 1. The Morgan fingerprint density at radius 2 is 1.59 bits per heavy atom. The first kappa shape index (κ1) is 22.0. The number of anilines is 1. The molecule has 2 rings (SSSR count). The summed E-state index contributed by atoms with van der Waals surface area (Å²) in [6.07, 6.45) is -5.24. The molecule has 0 fully saturated rings. The van der Waals surface area contributed by atoms with Crippen LogP contribution in [0.15, 0.2) is 48.5 Å². The van der Waals surface area contributed by atoms with Crippen LogP contribution < -0.4 is 20.9 Å². The van der Waals surface area contributed by atoms with Gasteiger partial charge in [0.25, 0.3) is 5.91 Å². The van der Waals surface area contributed by atoms with Crippen molar-refractivity contribution in [2.24, 2.45) is 0 Å². The highest BCUT2D eigenvalue weighted by Crippen LogP contribution is 2.30. The van der Waals surface area contributed by atoms with Crippen LogP contribution in [0.4, 0.5) is 18.9 Å². The summed E-state index contributed by atoms with van der Waals surface area (Å²) < 4.78 is 51.2. The first-order valence-electron chi connectivity index (χ1n) is 8.35. The second kappa shape index (κ2) is 8.82. The summed E-state index contributed by atoms with van der Waals surface area (Å²) in [5.41, 5.74) is 1.49. The van der Waals surface area contributed by atoms with Crippen LogP contribution in [0.1, 0.15) is 15.9 Å². The smallest absolute Gasteiger partial charge is 0.438 e. The number of esters is 1. The van der Waals surface area contributed by atoms with E-state index in [0.29, 0.717) is 11.3 Å². The third-order valence-electron chi connectivity index (χ3n) is 4.10. The SMILES string of the molecule is COC(=O)[C@@](NNc1ccccc1C)(NC(=O)c1ccc(OC)cc1)C(F)(F)F. The van der Waals surface area contributed by atoms with Crippen LogP contribution in [0.3, 0.4) is 0 Å². The fourth-order valence-corrected chi connectivity index (χ4v) is 2.40. The lowest BCUT2D eigenvalue weighted by molar-refractivity contribution is -0.215. The van der Waals surface area contributed by atoms with Crippen LogP contribution in [-0.2, 0) is 9.53 Å². The number of alkyl halides is 3. The molecule has 2 aromatic rings. The van der Waals surface area contributed by atoms with Gasteiger partial charge in [-0.15, -0.1) is 0 Å². The second-order valence-corrected chi connectivity index (χ2v) is 5.99. The summed E-state index contributed by atoms with van der Waals surface area (Å²) in [5.74, 6) is -2.47. The fourth-order valence-electron chi connectivity index (χ4n) is 2.40. The maximum absolute atomic E-state index is 14.0. The average Bonchev–Trinajstić information content (AvgIpc) is 2.70. The van der Waals surface area contributed by atoms with Gasteiger partial charge in [-0.1, -0.05) is 18.2 Å². The third-order valence-corrected chi connectivity index (χ3v) is 4.10. The van der Waals surface area contributed by atoms with E-state index in [0.717, 1.165) is 7.11 Å². The summed E-state index contributed by atoms with van der Waals surface area (Å²) in [4.78, 5) is 24.7. The fraction of sp³-hybridized carbons (Fsp3) is 0.263. The van der Waals surface area contributed by atoms with Crippen molar-refractivity contribution in [1.29, 1.82) is 0 Å². The van der Waals surface area contributed by atoms with Crippen LogP contribution in [0.5, 0.6) is 5.75 Å². The summed E-state index contributed by atoms with van der Waals surface area (Å²) in [6.45, 7) is 1.66. The molecule has 0 saturated carbocycles. The van der Waals surface area contributed by atoms with E-state index in [1.54, 1.807) is 30.4 Å². The minimum absolute atomic E-state index is 0.110. The number of amides is 1. The number of hydrogen-bond acceptors (Lipinski definition) is 6. The molecule has 7 nitrogen and oxygen atoms in total. The molecule has 2 aromatic carbocycles. The van der Waals surface area contributed by atoms with Crippen molar-refractivity contribution in [3.63, 3.8) is 0 Å². The maximum Gasteiger partial charge on any atom is 0.438 e. The number of methoxy groups -OCH3 is 2. The monoisotopic (exact) mass is 411 g/mol. The molecule has 1 atom stereocenters. The Morgan fingerprint density at radius 3 is 2.10 bits per heavy atom. The van der Waals surface area contributed by atoms with Crippen molar-refractivity contribution >= 4 is 17.6 Å². The van der Waals surface area contributed by atoms with Crippen LogP contribution in [0.25, 0.3) is 0 Å². The van der Waals surface area contributed by atoms with Crippen LogP contribution >= 0.6 is 0 Å². The van der Waals surface area contributed by atoms with E-state index in [2.05, 4.69) is 10.2 Å². The Kier molecular flexibility index (Phi) is 6.70. The zero-order valence-electron chi connectivity index (χ0n) is 15.9. The maximum atomic E-state index is 14.0. The quantitative estimate of drug-likeness (QED) is 0.369. The van der Waals surface area contributed by atoms with Gasteiger partial charge in [-0.05, 0) is 42.8 Å². The molecule has 0 radical (unpaired) electrons. The predicted octanol–water partition coefficient (Wildman–Crippen LogP) is 2.78. The lowest BCUT2D eigenvalue weighted by atomic mass is 10.1. The molecule has 0 heterocycles. The van der Waals surface area contributed by atoms with E-state index in [1.165, 1.54) is 37.4 Å². The number of hydrogen-bond donors (Lipinski definition) is 3. The van der Waals surface area contributed by atoms with E-state index in [-0.39, 0.29) is 11.3 Å². The molecule has 0 spiro atoms. The van der Waals surface area contributed by atoms with Crippen LogP contribution in [-0.4, -0.2) is 37.9 Å². The molecule has 10 heteroatoms. The molecule has 0 aliphatic rings. The van der Waals surface area contributed by atoms with Crippen molar-refractivity contribution in [1.82, 2.24) is 10.7 Å². The molecule has 0 aliphatic heterocycles. The zero-order valence-corrected chi connectivity index (χ0v) is 15.9. The van der Waals surface area contributed by atoms with E-state index < -0.39 is 23.7 Å². The third kappa shape index (κ3) is 4.77. The molecule has 0 aromatic heterocycles. The normalized spacial score (nSPS) is 13.2. The van der Waals surface area contributed by atoms with Crippen LogP contribution in [0.2, 0.25) is 0 Å². The van der Waals surface area contributed by atoms with Gasteiger partial charge in [-0.2, -0.15) is 18.6 Å². The van der Waals surface area contributed by atoms with Crippen LogP contribution in [0, 0.1) is 6.92 Å². The van der Waals surface area contributed by atoms with Gasteiger partial charge in [0.1, 0.15) is 5.75 Å². The van der Waals surface area contributed by atoms with Crippen molar-refractivity contribution in [2.45, 2.75) is 18.8 Å². The highest BCUT2D eigenvalue weighted by atomic mass is 19.4. The number of benzene rings is 2. The highest BCUT2D eigenvalue weighted by molar-refractivity contribution is 5.98. The molecule has 0 unspecified atom stereocenters. The predicted molar refractivity (Wildman–Crippen MR) is 99.2 cm³/mol. The van der Waals surface area contributed by atoms with Crippen molar-refractivity contribution < 1.29 is 32.2 Å². The Balaban J connectivity index is 2.38. The highest BCUT2D eigenvalue weighted by Gasteiger charge is 2.63. The van der Waals surface area contributed by atoms with E-state index in [4.69, 9.17) is 4.74 Å². The number of carbonyl (C=O) groups excluding carboxylic acids is 2. The van der Waals surface area contributed by atoms with E-state index >= 15 is 0 Å². The molecule has 0 saturated heterocycles. The zero-order chi connectivity index (χ0) is 21.7. The van der Waals surface area contributed by atoms with Crippen molar-refractivity contribution in [3.8, 4) is 5.75 Å². The van der Waals surface area contributed by atoms with Gasteiger partial charge in [-0.3, -0.25) is 4.79 Å². The summed E-state index contributed by atoms with van der Waals surface area (Å²) >= 11 is 0. The number of hydrazine groups is 1. The minimum atomic E-state index is -5.24. The lowest BCUT2D eigenvalue weighted by Gasteiger charge is -2.34. The van der Waals surface area contributed by atoms with Gasteiger partial charge in [0, 0.05) is 5.56 Å².